The first-order valence-corrected chi connectivity index (χ1v) is 12.4. The first-order chi connectivity index (χ1) is 16.4. The van der Waals surface area contributed by atoms with Crippen molar-refractivity contribution in [2.45, 2.75) is 10.9 Å². The van der Waals surface area contributed by atoms with Crippen molar-refractivity contribution in [2.75, 3.05) is 10.8 Å². The van der Waals surface area contributed by atoms with E-state index in [1.165, 1.54) is 15.6 Å². The lowest BCUT2D eigenvalue weighted by Gasteiger charge is -2.27. The Labute approximate surface area is 200 Å². The first-order valence-electron chi connectivity index (χ1n) is 10.6. The van der Waals surface area contributed by atoms with Gasteiger partial charge in [-0.1, -0.05) is 48.0 Å². The Hall–Kier alpha value is -3.75. The van der Waals surface area contributed by atoms with Crippen LogP contribution in [0.2, 0.25) is 5.02 Å². The summed E-state index contributed by atoms with van der Waals surface area (Å²) in [6, 6.07) is 20.7. The van der Waals surface area contributed by atoms with Crippen molar-refractivity contribution in [2.24, 2.45) is 0 Å². The molecule has 0 aliphatic carbocycles. The summed E-state index contributed by atoms with van der Waals surface area (Å²) in [5.41, 5.74) is 5.16. The van der Waals surface area contributed by atoms with E-state index in [1.807, 2.05) is 30.3 Å². The first kappa shape index (κ1) is 20.8. The summed E-state index contributed by atoms with van der Waals surface area (Å²) in [4.78, 5) is 13.8. The number of nitrogens with one attached hydrogen (secondary N) is 1. The summed E-state index contributed by atoms with van der Waals surface area (Å²) in [7, 11) is -3.86. The highest BCUT2D eigenvalue weighted by Crippen LogP contribution is 2.42. The van der Waals surface area contributed by atoms with E-state index in [-0.39, 0.29) is 11.4 Å². The summed E-state index contributed by atoms with van der Waals surface area (Å²) in [5.74, 6) is 0.134. The fraction of sp³-hybridized carbons (Fsp3) is 0.0800. The van der Waals surface area contributed by atoms with Gasteiger partial charge < -0.3 is 4.42 Å². The average Bonchev–Trinajstić information content (AvgIpc) is 3.56. The van der Waals surface area contributed by atoms with Crippen LogP contribution in [0.3, 0.4) is 0 Å². The molecule has 0 unspecified atom stereocenters. The average molecular weight is 492 g/mol. The smallest absolute Gasteiger partial charge is 0.265 e. The molecule has 0 saturated carbocycles. The van der Waals surface area contributed by atoms with Crippen LogP contribution in [0.25, 0.3) is 16.5 Å². The molecule has 1 amide bonds. The Balaban J connectivity index is 1.34. The van der Waals surface area contributed by atoms with Crippen LogP contribution < -0.4 is 9.73 Å². The van der Waals surface area contributed by atoms with Crippen molar-refractivity contribution in [1.82, 2.24) is 10.4 Å². The number of hydrogen-bond donors (Lipinski definition) is 1. The number of amides is 1. The molecular formula is C25H18ClN3O4S. The van der Waals surface area contributed by atoms with E-state index in [4.69, 9.17) is 16.0 Å². The lowest BCUT2D eigenvalue weighted by atomic mass is 10.1. The van der Waals surface area contributed by atoms with Crippen LogP contribution in [0.1, 0.15) is 17.4 Å². The zero-order chi connectivity index (χ0) is 23.4. The van der Waals surface area contributed by atoms with Gasteiger partial charge in [-0.25, -0.2) is 13.4 Å². The van der Waals surface area contributed by atoms with E-state index in [1.54, 1.807) is 48.5 Å². The molecule has 2 aliphatic rings. The molecule has 3 heterocycles. The highest BCUT2D eigenvalue weighted by atomic mass is 35.5. The Morgan fingerprint density at radius 2 is 1.76 bits per heavy atom. The van der Waals surface area contributed by atoms with Crippen LogP contribution in [0, 0.1) is 0 Å². The molecule has 1 atom stereocenters. The standard InChI is InChI=1S/C25H18ClN3O4S/c26-18-11-9-16(10-12-18)19-14-21(22-7-3-13-33-22)29(27-19)24(30)15-28-20-6-1-4-17-5-2-8-23(25(17)20)34(28,31)32/h1-14,21,27H,15H2/t21-/m0/s1. The predicted molar refractivity (Wildman–Crippen MR) is 129 cm³/mol. The van der Waals surface area contributed by atoms with Gasteiger partial charge in [0.05, 0.1) is 22.5 Å². The van der Waals surface area contributed by atoms with Gasteiger partial charge in [0.25, 0.3) is 15.9 Å². The van der Waals surface area contributed by atoms with Gasteiger partial charge in [0.15, 0.2) is 0 Å². The molecule has 170 valence electrons. The summed E-state index contributed by atoms with van der Waals surface area (Å²) in [6.07, 6.45) is 3.41. The number of hydrogen-bond acceptors (Lipinski definition) is 5. The molecule has 0 spiro atoms. The molecule has 7 nitrogen and oxygen atoms in total. The van der Waals surface area contributed by atoms with Crippen LogP contribution >= 0.6 is 11.6 Å². The second-order valence-corrected chi connectivity index (χ2v) is 10.3. The van der Waals surface area contributed by atoms with Crippen LogP contribution in [-0.4, -0.2) is 25.9 Å². The minimum absolute atomic E-state index is 0.213. The van der Waals surface area contributed by atoms with Crippen LogP contribution in [-0.2, 0) is 14.8 Å². The molecule has 3 aromatic carbocycles. The number of benzene rings is 3. The van der Waals surface area contributed by atoms with Gasteiger partial charge in [-0.05, 0) is 53.4 Å². The van der Waals surface area contributed by atoms with Gasteiger partial charge in [-0.3, -0.25) is 14.5 Å². The maximum atomic E-state index is 13.6. The van der Waals surface area contributed by atoms with E-state index in [0.29, 0.717) is 27.6 Å². The van der Waals surface area contributed by atoms with Gasteiger partial charge >= 0.3 is 0 Å². The van der Waals surface area contributed by atoms with Crippen molar-refractivity contribution >= 4 is 49.7 Å². The Kier molecular flexibility index (Phi) is 4.68. The highest BCUT2D eigenvalue weighted by molar-refractivity contribution is 7.93. The number of furan rings is 1. The lowest BCUT2D eigenvalue weighted by molar-refractivity contribution is -0.133. The number of sulfonamides is 1. The van der Waals surface area contributed by atoms with Gasteiger partial charge in [0, 0.05) is 10.4 Å². The quantitative estimate of drug-likeness (QED) is 0.446. The van der Waals surface area contributed by atoms with E-state index in [0.717, 1.165) is 10.9 Å². The third-order valence-electron chi connectivity index (χ3n) is 6.06. The molecule has 2 aliphatic heterocycles. The zero-order valence-electron chi connectivity index (χ0n) is 17.7. The molecule has 0 fully saturated rings. The number of nitrogens with zero attached hydrogens (tertiary/aromatic N) is 2. The third-order valence-corrected chi connectivity index (χ3v) is 8.12. The highest BCUT2D eigenvalue weighted by Gasteiger charge is 2.40. The van der Waals surface area contributed by atoms with E-state index < -0.39 is 22.0 Å². The Morgan fingerprint density at radius 3 is 2.50 bits per heavy atom. The van der Waals surface area contributed by atoms with E-state index in [2.05, 4.69) is 5.43 Å². The zero-order valence-corrected chi connectivity index (χ0v) is 19.3. The normalized spacial score (nSPS) is 18.3. The number of hydrazine groups is 1. The van der Waals surface area contributed by atoms with Crippen LogP contribution in [0.5, 0.6) is 0 Å². The molecule has 1 N–H and O–H groups in total. The predicted octanol–water partition coefficient (Wildman–Crippen LogP) is 4.72. The summed E-state index contributed by atoms with van der Waals surface area (Å²) >= 11 is 6.02. The number of rotatable bonds is 4. The van der Waals surface area contributed by atoms with Gasteiger partial charge in [0.1, 0.15) is 18.3 Å². The van der Waals surface area contributed by atoms with Crippen molar-refractivity contribution in [1.29, 1.82) is 0 Å². The lowest BCUT2D eigenvalue weighted by Crippen LogP contribution is -2.46. The number of carbonyl (C=O) groups excluding carboxylic acids is 1. The van der Waals surface area contributed by atoms with Crippen LogP contribution in [0.4, 0.5) is 5.69 Å². The fourth-order valence-electron chi connectivity index (χ4n) is 4.47. The maximum absolute atomic E-state index is 13.6. The second kappa shape index (κ2) is 7.65. The molecule has 6 rings (SSSR count). The number of halogens is 1. The van der Waals surface area contributed by atoms with Gasteiger partial charge in [-0.15, -0.1) is 0 Å². The monoisotopic (exact) mass is 491 g/mol. The molecule has 9 heteroatoms. The third kappa shape index (κ3) is 3.18. The molecule has 4 aromatic rings. The largest absolute Gasteiger partial charge is 0.467 e. The summed E-state index contributed by atoms with van der Waals surface area (Å²) in [5, 5.41) is 3.45. The van der Waals surface area contributed by atoms with Crippen molar-refractivity contribution in [3.05, 3.63) is 101 Å². The number of anilines is 1. The molecular weight excluding hydrogens is 474 g/mol. The minimum Gasteiger partial charge on any atom is -0.467 e. The van der Waals surface area contributed by atoms with E-state index >= 15 is 0 Å². The second-order valence-electron chi connectivity index (χ2n) is 8.07. The minimum atomic E-state index is -3.86. The summed E-state index contributed by atoms with van der Waals surface area (Å²) in [6.45, 7) is -0.359. The van der Waals surface area contributed by atoms with Gasteiger partial charge in [0.2, 0.25) is 0 Å². The topological polar surface area (TPSA) is 82.9 Å². The SMILES string of the molecule is O=C(CN1c2cccc3cccc(c23)S1(=O)=O)N1NC(c2ccc(Cl)cc2)=C[C@H]1c1ccco1. The Bertz CT molecular complexity index is 1560. The van der Waals surface area contributed by atoms with Crippen LogP contribution in [0.15, 0.2) is 94.4 Å². The molecule has 0 bridgehead atoms. The fourth-order valence-corrected chi connectivity index (χ4v) is 6.26. The molecule has 34 heavy (non-hydrogen) atoms. The molecule has 0 saturated heterocycles. The van der Waals surface area contributed by atoms with E-state index in [9.17, 15) is 13.2 Å². The number of carbonyl (C=O) groups is 1. The molecule has 0 radical (unpaired) electrons. The van der Waals surface area contributed by atoms with Crippen molar-refractivity contribution < 1.29 is 17.6 Å². The Morgan fingerprint density at radius 1 is 1.00 bits per heavy atom. The van der Waals surface area contributed by atoms with Crippen molar-refractivity contribution in [3.63, 3.8) is 0 Å². The molecule has 1 aromatic heterocycles. The van der Waals surface area contributed by atoms with Gasteiger partial charge in [-0.2, -0.15) is 0 Å². The maximum Gasteiger partial charge on any atom is 0.265 e. The van der Waals surface area contributed by atoms with Crippen molar-refractivity contribution in [3.8, 4) is 0 Å². The summed E-state index contributed by atoms with van der Waals surface area (Å²) < 4.78 is 33.4.